The third-order valence-electron chi connectivity index (χ3n) is 5.47. The molecule has 2 atom stereocenters. The van der Waals surface area contributed by atoms with Crippen LogP contribution < -0.4 is 5.32 Å². The smallest absolute Gasteiger partial charge is 0.352 e. The summed E-state index contributed by atoms with van der Waals surface area (Å²) in [5, 5.41) is 28.4. The second-order valence-corrected chi connectivity index (χ2v) is 11.0. The zero-order valence-corrected chi connectivity index (χ0v) is 20.8. The van der Waals surface area contributed by atoms with Gasteiger partial charge in [0.1, 0.15) is 28.7 Å². The van der Waals surface area contributed by atoms with E-state index in [1.807, 2.05) is 24.4 Å². The molecule has 0 aromatic carbocycles. The number of thiophene rings is 1. The molecule has 1 saturated heterocycles. The van der Waals surface area contributed by atoms with Crippen molar-refractivity contribution in [3.05, 3.63) is 51.2 Å². The summed E-state index contributed by atoms with van der Waals surface area (Å²) in [6, 6.07) is 4.77. The maximum atomic E-state index is 12.9. The largest absolute Gasteiger partial charge is 0.477 e. The number of hydrogen-bond donors (Lipinski definition) is 3. The Hall–Kier alpha value is -2.94. The summed E-state index contributed by atoms with van der Waals surface area (Å²) in [4.78, 5) is 48.0. The lowest BCUT2D eigenvalue weighted by atomic mass is 10.0. The zero-order chi connectivity index (χ0) is 24.7. The Kier molecular flexibility index (Phi) is 6.53. The molecule has 0 radical (unpaired) electrons. The van der Waals surface area contributed by atoms with Crippen molar-refractivity contribution in [2.75, 3.05) is 11.5 Å². The number of aliphatic hydroxyl groups is 1. The standard InChI is InChI=1S/C21H20N6O5S3/c1-10-5-15(27-21(22-10)23-13(7-28)25-27)34-8-11-9-35-19-16(18(30)26(19)17(11)20(31)32)24-14(29)6-12-3-2-4-33-12/h2-5,16,19,28H,6-9H2,1H3,(H,24,29)(H,31,32)/t16?,19-/m0/s1. The van der Waals surface area contributed by atoms with Crippen molar-refractivity contribution in [3.63, 3.8) is 0 Å². The molecule has 5 rings (SSSR count). The van der Waals surface area contributed by atoms with E-state index in [9.17, 15) is 24.6 Å². The molecule has 1 unspecified atom stereocenters. The first-order valence-corrected chi connectivity index (χ1v) is 13.5. The Morgan fingerprint density at radius 1 is 1.34 bits per heavy atom. The molecular weight excluding hydrogens is 512 g/mol. The lowest BCUT2D eigenvalue weighted by Crippen LogP contribution is -2.70. The summed E-state index contributed by atoms with van der Waals surface area (Å²) in [5.41, 5.74) is 1.28. The predicted octanol–water partition coefficient (Wildman–Crippen LogP) is 1.06. The van der Waals surface area contributed by atoms with Crippen molar-refractivity contribution in [1.29, 1.82) is 0 Å². The third kappa shape index (κ3) is 4.53. The van der Waals surface area contributed by atoms with Crippen molar-refractivity contribution in [3.8, 4) is 0 Å². The molecule has 182 valence electrons. The fourth-order valence-electron chi connectivity index (χ4n) is 3.92. The Morgan fingerprint density at radius 3 is 2.89 bits per heavy atom. The number of thioether (sulfide) groups is 2. The van der Waals surface area contributed by atoms with Crippen molar-refractivity contribution in [2.24, 2.45) is 0 Å². The Labute approximate surface area is 211 Å². The highest BCUT2D eigenvalue weighted by molar-refractivity contribution is 8.01. The van der Waals surface area contributed by atoms with Gasteiger partial charge in [-0.2, -0.15) is 9.50 Å². The van der Waals surface area contributed by atoms with Crippen molar-refractivity contribution in [2.45, 2.75) is 36.4 Å². The number of rotatable bonds is 8. The molecule has 0 spiro atoms. The SMILES string of the molecule is Cc1cc(SCC2=C(C(=O)O)N3C(=O)C(NC(=O)Cc4cccs4)[C@@H]3SC2)n2nc(CO)nc2n1. The average molecular weight is 533 g/mol. The van der Waals surface area contributed by atoms with Crippen LogP contribution in [-0.2, 0) is 27.4 Å². The number of carboxylic acid groups (broad SMARTS) is 1. The molecule has 2 amide bonds. The van der Waals surface area contributed by atoms with Crippen LogP contribution in [-0.4, -0.2) is 75.4 Å². The van der Waals surface area contributed by atoms with Crippen LogP contribution >= 0.6 is 34.9 Å². The normalized spacial score (nSPS) is 19.6. The maximum Gasteiger partial charge on any atom is 0.352 e. The number of carbonyl (C=O) groups excluding carboxylic acids is 2. The highest BCUT2D eigenvalue weighted by Crippen LogP contribution is 2.41. The highest BCUT2D eigenvalue weighted by Gasteiger charge is 2.54. The monoisotopic (exact) mass is 532 g/mol. The molecule has 0 bridgehead atoms. The predicted molar refractivity (Wildman–Crippen MR) is 130 cm³/mol. The van der Waals surface area contributed by atoms with Gasteiger partial charge in [0.15, 0.2) is 5.82 Å². The summed E-state index contributed by atoms with van der Waals surface area (Å²) < 4.78 is 1.51. The van der Waals surface area contributed by atoms with E-state index in [-0.39, 0.29) is 30.5 Å². The number of aryl methyl sites for hydroxylation is 1. The van der Waals surface area contributed by atoms with Gasteiger partial charge in [0.25, 0.3) is 11.7 Å². The van der Waals surface area contributed by atoms with Gasteiger partial charge in [0.05, 0.1) is 6.42 Å². The van der Waals surface area contributed by atoms with Crippen LogP contribution in [0.25, 0.3) is 5.78 Å². The van der Waals surface area contributed by atoms with Gasteiger partial charge in [0, 0.05) is 22.1 Å². The van der Waals surface area contributed by atoms with E-state index < -0.39 is 23.3 Å². The van der Waals surface area contributed by atoms with E-state index in [0.29, 0.717) is 33.6 Å². The maximum absolute atomic E-state index is 12.9. The minimum atomic E-state index is -1.18. The minimum Gasteiger partial charge on any atom is -0.477 e. The second kappa shape index (κ2) is 9.60. The molecule has 3 N–H and O–H groups in total. The van der Waals surface area contributed by atoms with Gasteiger partial charge in [-0.1, -0.05) is 6.07 Å². The van der Waals surface area contributed by atoms with E-state index in [2.05, 4.69) is 20.4 Å². The topological polar surface area (TPSA) is 150 Å². The Morgan fingerprint density at radius 2 is 2.17 bits per heavy atom. The number of β-lactam (4-membered cyclic amide) rings is 1. The molecular formula is C21H20N6O5S3. The van der Waals surface area contributed by atoms with Gasteiger partial charge >= 0.3 is 5.97 Å². The second-order valence-electron chi connectivity index (χ2n) is 7.89. The summed E-state index contributed by atoms with van der Waals surface area (Å²) in [6.45, 7) is 1.49. The third-order valence-corrected chi connectivity index (χ3v) is 8.76. The van der Waals surface area contributed by atoms with E-state index >= 15 is 0 Å². The quantitative estimate of drug-likeness (QED) is 0.218. The van der Waals surface area contributed by atoms with Crippen LogP contribution in [0.5, 0.6) is 0 Å². The van der Waals surface area contributed by atoms with Gasteiger partial charge in [-0.15, -0.1) is 40.0 Å². The van der Waals surface area contributed by atoms with Crippen molar-refractivity contribution >= 4 is 58.4 Å². The first-order valence-electron chi connectivity index (χ1n) is 10.5. The molecule has 0 saturated carbocycles. The molecule has 5 heterocycles. The number of fused-ring (bicyclic) bond motifs is 2. The zero-order valence-electron chi connectivity index (χ0n) is 18.4. The fourth-order valence-corrected chi connectivity index (χ4v) is 7.15. The first kappa shape index (κ1) is 23.8. The van der Waals surface area contributed by atoms with E-state index in [4.69, 9.17) is 0 Å². The molecule has 2 aliphatic heterocycles. The van der Waals surface area contributed by atoms with Gasteiger partial charge in [-0.3, -0.25) is 14.5 Å². The fraction of sp³-hybridized carbons (Fsp3) is 0.333. The summed E-state index contributed by atoms with van der Waals surface area (Å²) >= 11 is 4.25. The van der Waals surface area contributed by atoms with E-state index in [1.54, 1.807) is 6.07 Å². The molecule has 14 heteroatoms. The summed E-state index contributed by atoms with van der Waals surface area (Å²) in [7, 11) is 0. The van der Waals surface area contributed by atoms with Gasteiger partial charge in [-0.25, -0.2) is 9.78 Å². The summed E-state index contributed by atoms with van der Waals surface area (Å²) in [5.74, 6) is -0.554. The van der Waals surface area contributed by atoms with Gasteiger partial charge in [-0.05, 0) is 30.0 Å². The van der Waals surface area contributed by atoms with Crippen LogP contribution in [0.2, 0.25) is 0 Å². The molecule has 3 aromatic heterocycles. The Balaban J connectivity index is 1.32. The molecule has 11 nitrogen and oxygen atoms in total. The lowest BCUT2D eigenvalue weighted by molar-refractivity contribution is -0.150. The van der Waals surface area contributed by atoms with Crippen LogP contribution in [0.4, 0.5) is 0 Å². The number of amides is 2. The van der Waals surface area contributed by atoms with Crippen molar-refractivity contribution < 1.29 is 24.6 Å². The van der Waals surface area contributed by atoms with Crippen LogP contribution in [0.15, 0.2) is 39.9 Å². The number of carboxylic acids is 1. The number of aromatic nitrogens is 4. The highest BCUT2D eigenvalue weighted by atomic mass is 32.2. The van der Waals surface area contributed by atoms with Gasteiger partial charge in [0.2, 0.25) is 5.91 Å². The number of nitrogens with zero attached hydrogens (tertiary/aromatic N) is 5. The number of aliphatic hydroxyl groups excluding tert-OH is 1. The molecule has 35 heavy (non-hydrogen) atoms. The van der Waals surface area contributed by atoms with E-state index in [1.165, 1.54) is 44.3 Å². The molecule has 2 aliphatic rings. The summed E-state index contributed by atoms with van der Waals surface area (Å²) in [6.07, 6.45) is 0.183. The van der Waals surface area contributed by atoms with Crippen LogP contribution in [0, 0.1) is 6.92 Å². The van der Waals surface area contributed by atoms with E-state index in [0.717, 1.165) is 4.88 Å². The lowest BCUT2D eigenvalue weighted by Gasteiger charge is -2.49. The number of aliphatic carboxylic acids is 1. The molecule has 3 aromatic rings. The molecule has 0 aliphatic carbocycles. The number of nitrogens with one attached hydrogen (secondary N) is 1. The first-order chi connectivity index (χ1) is 16.9. The van der Waals surface area contributed by atoms with Crippen LogP contribution in [0.1, 0.15) is 16.4 Å². The Bertz CT molecular complexity index is 1350. The van der Waals surface area contributed by atoms with Gasteiger partial charge < -0.3 is 15.5 Å². The van der Waals surface area contributed by atoms with Crippen molar-refractivity contribution in [1.82, 2.24) is 29.8 Å². The average Bonchev–Trinajstić information content (AvgIpc) is 3.49. The minimum absolute atomic E-state index is 0.0355. The number of carbonyl (C=O) groups is 3. The number of hydrogen-bond acceptors (Lipinski definition) is 10. The van der Waals surface area contributed by atoms with Crippen LogP contribution in [0.3, 0.4) is 0 Å². The molecule has 1 fully saturated rings.